The molecule has 2 fully saturated rings. The lowest BCUT2D eigenvalue weighted by Gasteiger charge is -2.39. The fourth-order valence-corrected chi connectivity index (χ4v) is 3.07. The standard InChI is InChI=1S/C14H23N3O4/c1-2-3-10-4-6-16(7-5-10)14(21)17-9-12(18)15-8-11(17)13(19)20/h10-11H,2-9H2,1H3,(H,15,18)(H,19,20). The average molecular weight is 297 g/mol. The Morgan fingerprint density at radius 2 is 2.00 bits per heavy atom. The van der Waals surface area contributed by atoms with E-state index in [9.17, 15) is 19.5 Å². The Morgan fingerprint density at radius 3 is 2.57 bits per heavy atom. The molecule has 2 saturated heterocycles. The number of carbonyl (C=O) groups is 3. The molecule has 1 atom stereocenters. The second-order valence-electron chi connectivity index (χ2n) is 5.79. The van der Waals surface area contributed by atoms with Crippen LogP contribution in [0.1, 0.15) is 32.6 Å². The summed E-state index contributed by atoms with van der Waals surface area (Å²) in [5, 5.41) is 11.7. The van der Waals surface area contributed by atoms with E-state index in [1.807, 2.05) is 0 Å². The van der Waals surface area contributed by atoms with Crippen molar-refractivity contribution in [1.29, 1.82) is 0 Å². The highest BCUT2D eigenvalue weighted by Gasteiger charge is 2.38. The highest BCUT2D eigenvalue weighted by atomic mass is 16.4. The molecule has 0 aliphatic carbocycles. The van der Waals surface area contributed by atoms with Crippen LogP contribution in [0.25, 0.3) is 0 Å². The SMILES string of the molecule is CCCC1CCN(C(=O)N2CC(=O)NCC2C(=O)O)CC1. The van der Waals surface area contributed by atoms with Crippen LogP contribution in [-0.2, 0) is 9.59 Å². The van der Waals surface area contributed by atoms with Gasteiger partial charge in [0, 0.05) is 19.6 Å². The van der Waals surface area contributed by atoms with Crippen LogP contribution in [0.5, 0.6) is 0 Å². The second kappa shape index (κ2) is 6.78. The topological polar surface area (TPSA) is 90.0 Å². The molecular formula is C14H23N3O4. The van der Waals surface area contributed by atoms with Crippen LogP contribution in [0.15, 0.2) is 0 Å². The van der Waals surface area contributed by atoms with E-state index in [1.165, 1.54) is 11.3 Å². The van der Waals surface area contributed by atoms with E-state index in [0.29, 0.717) is 19.0 Å². The van der Waals surface area contributed by atoms with Crippen molar-refractivity contribution >= 4 is 17.9 Å². The molecule has 0 saturated carbocycles. The maximum absolute atomic E-state index is 12.5. The maximum Gasteiger partial charge on any atom is 0.328 e. The fraction of sp³-hybridized carbons (Fsp3) is 0.786. The molecule has 7 heteroatoms. The zero-order valence-electron chi connectivity index (χ0n) is 12.4. The van der Waals surface area contributed by atoms with E-state index in [2.05, 4.69) is 12.2 Å². The summed E-state index contributed by atoms with van der Waals surface area (Å²) in [4.78, 5) is 38.0. The zero-order chi connectivity index (χ0) is 15.4. The first kappa shape index (κ1) is 15.6. The molecule has 2 aliphatic rings. The van der Waals surface area contributed by atoms with Gasteiger partial charge in [0.2, 0.25) is 5.91 Å². The van der Waals surface area contributed by atoms with Gasteiger partial charge in [0.05, 0.1) is 0 Å². The second-order valence-corrected chi connectivity index (χ2v) is 5.79. The van der Waals surface area contributed by atoms with Gasteiger partial charge in [-0.2, -0.15) is 0 Å². The normalized spacial score (nSPS) is 23.9. The first-order chi connectivity index (χ1) is 10.0. The number of nitrogens with zero attached hydrogens (tertiary/aromatic N) is 2. The van der Waals surface area contributed by atoms with Gasteiger partial charge < -0.3 is 15.3 Å². The number of piperidine rings is 1. The molecular weight excluding hydrogens is 274 g/mol. The van der Waals surface area contributed by atoms with Crippen molar-refractivity contribution in [3.05, 3.63) is 0 Å². The highest BCUT2D eigenvalue weighted by Crippen LogP contribution is 2.23. The van der Waals surface area contributed by atoms with Crippen molar-refractivity contribution in [1.82, 2.24) is 15.1 Å². The zero-order valence-corrected chi connectivity index (χ0v) is 12.4. The van der Waals surface area contributed by atoms with Gasteiger partial charge in [-0.3, -0.25) is 9.69 Å². The molecule has 2 aliphatic heterocycles. The Hall–Kier alpha value is -1.79. The number of piperazine rings is 1. The molecule has 3 amide bonds. The molecule has 0 aromatic rings. The Labute approximate surface area is 124 Å². The third kappa shape index (κ3) is 3.65. The minimum absolute atomic E-state index is 0.0216. The molecule has 7 nitrogen and oxygen atoms in total. The summed E-state index contributed by atoms with van der Waals surface area (Å²) in [7, 11) is 0. The van der Waals surface area contributed by atoms with Crippen molar-refractivity contribution < 1.29 is 19.5 Å². The molecule has 0 radical (unpaired) electrons. The van der Waals surface area contributed by atoms with Gasteiger partial charge >= 0.3 is 12.0 Å². The highest BCUT2D eigenvalue weighted by molar-refractivity contribution is 5.90. The summed E-state index contributed by atoms with van der Waals surface area (Å²) in [5.41, 5.74) is 0. The van der Waals surface area contributed by atoms with Crippen molar-refractivity contribution in [3.63, 3.8) is 0 Å². The van der Waals surface area contributed by atoms with E-state index in [4.69, 9.17) is 0 Å². The van der Waals surface area contributed by atoms with Crippen molar-refractivity contribution in [2.75, 3.05) is 26.2 Å². The fourth-order valence-electron chi connectivity index (χ4n) is 3.07. The summed E-state index contributed by atoms with van der Waals surface area (Å²) in [6.45, 7) is 3.25. The predicted molar refractivity (Wildman–Crippen MR) is 75.7 cm³/mol. The van der Waals surface area contributed by atoms with Crippen LogP contribution < -0.4 is 5.32 Å². The number of urea groups is 1. The molecule has 0 spiro atoms. The largest absolute Gasteiger partial charge is 0.480 e. The number of nitrogens with one attached hydrogen (secondary N) is 1. The lowest BCUT2D eigenvalue weighted by molar-refractivity contribution is -0.144. The molecule has 2 N–H and O–H groups in total. The number of likely N-dealkylation sites (tertiary alicyclic amines) is 1. The number of carboxylic acid groups (broad SMARTS) is 1. The molecule has 0 aromatic carbocycles. The molecule has 0 bridgehead atoms. The van der Waals surface area contributed by atoms with Gasteiger partial charge in [0.15, 0.2) is 0 Å². The molecule has 21 heavy (non-hydrogen) atoms. The monoisotopic (exact) mass is 297 g/mol. The Morgan fingerprint density at radius 1 is 1.33 bits per heavy atom. The molecule has 2 rings (SSSR count). The number of carbonyl (C=O) groups excluding carboxylic acids is 2. The molecule has 2 heterocycles. The first-order valence-electron chi connectivity index (χ1n) is 7.58. The van der Waals surface area contributed by atoms with Crippen molar-refractivity contribution in [2.24, 2.45) is 5.92 Å². The van der Waals surface area contributed by atoms with Gasteiger partial charge in [-0.05, 0) is 18.8 Å². The van der Waals surface area contributed by atoms with Crippen LogP contribution in [-0.4, -0.2) is 65.0 Å². The lowest BCUT2D eigenvalue weighted by Crippen LogP contribution is -2.62. The number of amides is 3. The number of hydrogen-bond acceptors (Lipinski definition) is 3. The Balaban J connectivity index is 1.97. The van der Waals surface area contributed by atoms with Gasteiger partial charge in [-0.15, -0.1) is 0 Å². The quantitative estimate of drug-likeness (QED) is 0.794. The summed E-state index contributed by atoms with van der Waals surface area (Å²) in [5.74, 6) is -0.732. The van der Waals surface area contributed by atoms with Crippen LogP contribution in [0, 0.1) is 5.92 Å². The number of carboxylic acids is 1. The third-order valence-corrected chi connectivity index (χ3v) is 4.30. The van der Waals surface area contributed by atoms with Crippen molar-refractivity contribution in [2.45, 2.75) is 38.6 Å². The summed E-state index contributed by atoms with van der Waals surface area (Å²) in [6, 6.07) is -1.30. The first-order valence-corrected chi connectivity index (χ1v) is 7.58. The summed E-state index contributed by atoms with van der Waals surface area (Å²) < 4.78 is 0. The van der Waals surface area contributed by atoms with Gasteiger partial charge in [0.1, 0.15) is 12.6 Å². The van der Waals surface area contributed by atoms with Gasteiger partial charge in [-0.1, -0.05) is 19.8 Å². The Bertz CT molecular complexity index is 418. The minimum atomic E-state index is -1.08. The lowest BCUT2D eigenvalue weighted by atomic mass is 9.92. The van der Waals surface area contributed by atoms with E-state index in [0.717, 1.165) is 19.3 Å². The van der Waals surface area contributed by atoms with Crippen LogP contribution in [0.4, 0.5) is 4.79 Å². The Kier molecular flexibility index (Phi) is 5.03. The van der Waals surface area contributed by atoms with E-state index < -0.39 is 12.0 Å². The molecule has 118 valence electrons. The minimum Gasteiger partial charge on any atom is -0.480 e. The molecule has 1 unspecified atom stereocenters. The summed E-state index contributed by atoms with van der Waals surface area (Å²) in [6.07, 6.45) is 4.23. The maximum atomic E-state index is 12.5. The van der Waals surface area contributed by atoms with Crippen LogP contribution in [0.2, 0.25) is 0 Å². The predicted octanol–water partition coefficient (Wildman–Crippen LogP) is 0.504. The van der Waals surface area contributed by atoms with E-state index in [-0.39, 0.29) is 25.0 Å². The van der Waals surface area contributed by atoms with Crippen molar-refractivity contribution in [3.8, 4) is 0 Å². The van der Waals surface area contributed by atoms with Crippen LogP contribution in [0.3, 0.4) is 0 Å². The van der Waals surface area contributed by atoms with Gasteiger partial charge in [-0.25, -0.2) is 9.59 Å². The number of aliphatic carboxylic acids is 1. The number of rotatable bonds is 3. The average Bonchev–Trinajstić information content (AvgIpc) is 2.47. The molecule has 0 aromatic heterocycles. The third-order valence-electron chi connectivity index (χ3n) is 4.30. The summed E-state index contributed by atoms with van der Waals surface area (Å²) >= 11 is 0. The van der Waals surface area contributed by atoms with E-state index in [1.54, 1.807) is 4.90 Å². The van der Waals surface area contributed by atoms with E-state index >= 15 is 0 Å². The van der Waals surface area contributed by atoms with Crippen LogP contribution >= 0.6 is 0 Å². The van der Waals surface area contributed by atoms with Gasteiger partial charge in [0.25, 0.3) is 0 Å². The number of hydrogen-bond donors (Lipinski definition) is 2. The smallest absolute Gasteiger partial charge is 0.328 e.